The van der Waals surface area contributed by atoms with E-state index in [1.165, 1.54) is 5.56 Å². The molecule has 0 spiro atoms. The fraction of sp³-hybridized carbons (Fsp3) is 0.381. The third-order valence-corrected chi connectivity index (χ3v) is 4.44. The molecular weight excluding hydrogens is 312 g/mol. The molecule has 1 amide bonds. The molecule has 1 unspecified atom stereocenters. The van der Waals surface area contributed by atoms with Crippen LogP contribution in [-0.4, -0.2) is 30.1 Å². The smallest absolute Gasteiger partial charge is 0.251 e. The third-order valence-electron chi connectivity index (χ3n) is 4.44. The van der Waals surface area contributed by atoms with Crippen molar-refractivity contribution in [3.63, 3.8) is 0 Å². The number of aliphatic hydroxyl groups excluding tert-OH is 1. The Balaban J connectivity index is 1.83. The van der Waals surface area contributed by atoms with Gasteiger partial charge in [-0.1, -0.05) is 42.5 Å². The van der Waals surface area contributed by atoms with Crippen LogP contribution in [0.5, 0.6) is 0 Å². The van der Waals surface area contributed by atoms with E-state index in [-0.39, 0.29) is 11.4 Å². The van der Waals surface area contributed by atoms with E-state index < -0.39 is 6.10 Å². The number of amides is 1. The van der Waals surface area contributed by atoms with E-state index in [1.54, 1.807) is 7.05 Å². The van der Waals surface area contributed by atoms with Gasteiger partial charge >= 0.3 is 0 Å². The molecule has 0 aliphatic heterocycles. The minimum absolute atomic E-state index is 0.0663. The number of carbonyl (C=O) groups excluding carboxylic acids is 1. The van der Waals surface area contributed by atoms with E-state index in [1.807, 2.05) is 54.6 Å². The van der Waals surface area contributed by atoms with Crippen LogP contribution in [0, 0.1) is 0 Å². The largest absolute Gasteiger partial charge is 0.387 e. The SMILES string of the molecule is CNC(=O)c1ccc(CCC(C)(C)NCC(O)c2ccccc2)cc1. The van der Waals surface area contributed by atoms with Gasteiger partial charge in [0.1, 0.15) is 0 Å². The molecule has 0 heterocycles. The van der Waals surface area contributed by atoms with Crippen LogP contribution >= 0.6 is 0 Å². The number of aliphatic hydroxyl groups is 1. The van der Waals surface area contributed by atoms with E-state index in [0.29, 0.717) is 12.1 Å². The topological polar surface area (TPSA) is 61.4 Å². The Morgan fingerprint density at radius 1 is 1.08 bits per heavy atom. The number of β-amino-alcohol motifs (C(OH)–C–C–N with tert-alkyl or cyclic N) is 1. The van der Waals surface area contributed by atoms with Crippen molar-refractivity contribution in [3.8, 4) is 0 Å². The van der Waals surface area contributed by atoms with E-state index in [0.717, 1.165) is 18.4 Å². The number of rotatable bonds is 8. The Hall–Kier alpha value is -2.17. The van der Waals surface area contributed by atoms with Crippen LogP contribution in [0.3, 0.4) is 0 Å². The predicted octanol–water partition coefficient (Wildman–Crippen LogP) is 3.08. The van der Waals surface area contributed by atoms with Crippen molar-refractivity contribution >= 4 is 5.91 Å². The van der Waals surface area contributed by atoms with Gasteiger partial charge in [0.2, 0.25) is 0 Å². The summed E-state index contributed by atoms with van der Waals surface area (Å²) in [4.78, 5) is 11.6. The van der Waals surface area contributed by atoms with E-state index >= 15 is 0 Å². The lowest BCUT2D eigenvalue weighted by Crippen LogP contribution is -2.41. The molecule has 4 heteroatoms. The van der Waals surface area contributed by atoms with Gasteiger partial charge in [0.25, 0.3) is 5.91 Å². The van der Waals surface area contributed by atoms with Gasteiger partial charge in [-0.15, -0.1) is 0 Å². The molecule has 25 heavy (non-hydrogen) atoms. The van der Waals surface area contributed by atoms with Gasteiger partial charge in [0, 0.05) is 24.7 Å². The maximum Gasteiger partial charge on any atom is 0.251 e. The predicted molar refractivity (Wildman–Crippen MR) is 102 cm³/mol. The second kappa shape index (κ2) is 8.79. The molecular formula is C21H28N2O2. The maximum absolute atomic E-state index is 11.6. The summed E-state index contributed by atoms with van der Waals surface area (Å²) in [6, 6.07) is 17.4. The Labute approximate surface area is 150 Å². The molecule has 2 aromatic carbocycles. The van der Waals surface area contributed by atoms with Gasteiger partial charge in [0.05, 0.1) is 6.10 Å². The van der Waals surface area contributed by atoms with Crippen molar-refractivity contribution in [2.24, 2.45) is 0 Å². The maximum atomic E-state index is 11.6. The van der Waals surface area contributed by atoms with Crippen LogP contribution in [0.1, 0.15) is 47.9 Å². The molecule has 4 nitrogen and oxygen atoms in total. The van der Waals surface area contributed by atoms with Gasteiger partial charge in [-0.2, -0.15) is 0 Å². The molecule has 0 fully saturated rings. The number of hydrogen-bond donors (Lipinski definition) is 3. The Morgan fingerprint density at radius 2 is 1.72 bits per heavy atom. The molecule has 0 saturated carbocycles. The molecule has 0 aliphatic rings. The molecule has 0 aromatic heterocycles. The summed E-state index contributed by atoms with van der Waals surface area (Å²) in [5.41, 5.74) is 2.71. The van der Waals surface area contributed by atoms with Crippen molar-refractivity contribution < 1.29 is 9.90 Å². The molecule has 3 N–H and O–H groups in total. The van der Waals surface area contributed by atoms with Crippen LogP contribution in [0.4, 0.5) is 0 Å². The molecule has 134 valence electrons. The molecule has 0 saturated heterocycles. The first-order chi connectivity index (χ1) is 11.9. The summed E-state index contributed by atoms with van der Waals surface area (Å²) >= 11 is 0. The highest BCUT2D eigenvalue weighted by molar-refractivity contribution is 5.93. The molecule has 0 bridgehead atoms. The van der Waals surface area contributed by atoms with Crippen molar-refractivity contribution in [2.75, 3.05) is 13.6 Å². The summed E-state index contributed by atoms with van der Waals surface area (Å²) in [5, 5.41) is 16.4. The second-order valence-corrected chi connectivity index (χ2v) is 6.97. The Bertz CT molecular complexity index is 666. The minimum Gasteiger partial charge on any atom is -0.387 e. The number of benzene rings is 2. The van der Waals surface area contributed by atoms with Crippen molar-refractivity contribution in [2.45, 2.75) is 38.3 Å². The first-order valence-electron chi connectivity index (χ1n) is 8.70. The Kier molecular flexibility index (Phi) is 6.73. The Morgan fingerprint density at radius 3 is 2.32 bits per heavy atom. The molecule has 2 aromatic rings. The van der Waals surface area contributed by atoms with Crippen molar-refractivity contribution in [1.82, 2.24) is 10.6 Å². The summed E-state index contributed by atoms with van der Waals surface area (Å²) in [6.07, 6.45) is 1.34. The monoisotopic (exact) mass is 340 g/mol. The minimum atomic E-state index is -0.507. The van der Waals surface area contributed by atoms with Gasteiger partial charge in [-0.25, -0.2) is 0 Å². The van der Waals surface area contributed by atoms with Crippen LogP contribution in [0.15, 0.2) is 54.6 Å². The zero-order chi connectivity index (χ0) is 18.3. The second-order valence-electron chi connectivity index (χ2n) is 6.97. The molecule has 2 rings (SSSR count). The summed E-state index contributed by atoms with van der Waals surface area (Å²) < 4.78 is 0. The summed E-state index contributed by atoms with van der Waals surface area (Å²) in [6.45, 7) is 4.81. The lowest BCUT2D eigenvalue weighted by atomic mass is 9.94. The van der Waals surface area contributed by atoms with E-state index in [4.69, 9.17) is 0 Å². The standard InChI is InChI=1S/C21H28N2O2/c1-21(2,23-15-19(24)17-7-5-4-6-8-17)14-13-16-9-11-18(12-10-16)20(25)22-3/h4-12,19,23-24H,13-15H2,1-3H3,(H,22,25). The van der Waals surface area contributed by atoms with Crippen LogP contribution in [0.25, 0.3) is 0 Å². The fourth-order valence-corrected chi connectivity index (χ4v) is 2.68. The van der Waals surface area contributed by atoms with Crippen LogP contribution in [0.2, 0.25) is 0 Å². The van der Waals surface area contributed by atoms with Crippen molar-refractivity contribution in [3.05, 3.63) is 71.3 Å². The highest BCUT2D eigenvalue weighted by atomic mass is 16.3. The van der Waals surface area contributed by atoms with Crippen LogP contribution in [-0.2, 0) is 6.42 Å². The van der Waals surface area contributed by atoms with Gasteiger partial charge in [0.15, 0.2) is 0 Å². The van der Waals surface area contributed by atoms with Gasteiger partial charge in [-0.05, 0) is 49.9 Å². The van der Waals surface area contributed by atoms with Crippen LogP contribution < -0.4 is 10.6 Å². The summed E-state index contributed by atoms with van der Waals surface area (Å²) in [7, 11) is 1.63. The van der Waals surface area contributed by atoms with Crippen molar-refractivity contribution in [1.29, 1.82) is 0 Å². The number of nitrogens with one attached hydrogen (secondary N) is 2. The number of carbonyl (C=O) groups is 1. The van der Waals surface area contributed by atoms with Gasteiger partial charge < -0.3 is 15.7 Å². The van der Waals surface area contributed by atoms with Gasteiger partial charge in [-0.3, -0.25) is 4.79 Å². The van der Waals surface area contributed by atoms with E-state index in [2.05, 4.69) is 24.5 Å². The highest BCUT2D eigenvalue weighted by Gasteiger charge is 2.19. The number of aryl methyl sites for hydroxylation is 1. The summed E-state index contributed by atoms with van der Waals surface area (Å²) in [5.74, 6) is -0.0663. The molecule has 0 radical (unpaired) electrons. The highest BCUT2D eigenvalue weighted by Crippen LogP contribution is 2.17. The first-order valence-corrected chi connectivity index (χ1v) is 8.70. The zero-order valence-corrected chi connectivity index (χ0v) is 15.3. The fourth-order valence-electron chi connectivity index (χ4n) is 2.68. The first kappa shape index (κ1) is 19.2. The quantitative estimate of drug-likeness (QED) is 0.692. The number of hydrogen-bond acceptors (Lipinski definition) is 3. The normalized spacial score (nSPS) is 12.6. The molecule has 1 atom stereocenters. The average Bonchev–Trinajstić information content (AvgIpc) is 2.65. The van der Waals surface area contributed by atoms with E-state index in [9.17, 15) is 9.90 Å². The molecule has 0 aliphatic carbocycles. The zero-order valence-electron chi connectivity index (χ0n) is 15.3. The lowest BCUT2D eigenvalue weighted by molar-refractivity contribution is 0.0963. The average molecular weight is 340 g/mol. The lowest BCUT2D eigenvalue weighted by Gasteiger charge is -2.28. The third kappa shape index (κ3) is 6.00.